The number of para-hydroxylation sites is 2. The molecule has 0 saturated carbocycles. The molecule has 0 fully saturated rings. The van der Waals surface area contributed by atoms with E-state index in [1.54, 1.807) is 12.4 Å². The van der Waals surface area contributed by atoms with Gasteiger partial charge in [0.05, 0.1) is 23.9 Å². The number of carbonyl (C=O) groups excluding carboxylic acids is 1. The number of carbonyl (C=O) groups is 1. The van der Waals surface area contributed by atoms with E-state index in [9.17, 15) is 4.79 Å². The summed E-state index contributed by atoms with van der Waals surface area (Å²) in [5.74, 6) is 0.211. The number of nitrogens with zero attached hydrogens (tertiary/aromatic N) is 2. The molecule has 0 bridgehead atoms. The molecule has 0 N–H and O–H groups in total. The summed E-state index contributed by atoms with van der Waals surface area (Å²) in [5, 5.41) is 0. The molecular weight excluding hydrogens is 200 g/mol. The quantitative estimate of drug-likeness (QED) is 0.717. The first kappa shape index (κ1) is 10.6. The van der Waals surface area contributed by atoms with Crippen LogP contribution < -0.4 is 0 Å². The second-order valence-corrected chi connectivity index (χ2v) is 3.73. The van der Waals surface area contributed by atoms with Gasteiger partial charge in [-0.25, -0.2) is 4.98 Å². The van der Waals surface area contributed by atoms with Crippen molar-refractivity contribution in [3.8, 4) is 0 Å². The molecule has 0 aliphatic carbocycles. The number of fused-ring (bicyclic) bond motifs is 1. The number of rotatable bonds is 5. The summed E-state index contributed by atoms with van der Waals surface area (Å²) in [5.41, 5.74) is 1.94. The fourth-order valence-electron chi connectivity index (χ4n) is 1.67. The van der Waals surface area contributed by atoms with Crippen molar-refractivity contribution in [3.63, 3.8) is 0 Å². The van der Waals surface area contributed by atoms with Gasteiger partial charge in [-0.15, -0.1) is 6.58 Å². The molecule has 0 amide bonds. The molecule has 0 aliphatic rings. The van der Waals surface area contributed by atoms with Crippen molar-refractivity contribution in [1.82, 2.24) is 9.55 Å². The number of allylic oxidation sites excluding steroid dienone is 1. The minimum absolute atomic E-state index is 0.211. The van der Waals surface area contributed by atoms with E-state index < -0.39 is 0 Å². The van der Waals surface area contributed by atoms with Crippen LogP contribution in [0, 0.1) is 0 Å². The molecule has 3 heteroatoms. The Bertz CT molecular complexity index is 513. The summed E-state index contributed by atoms with van der Waals surface area (Å²) in [6, 6.07) is 7.82. The summed E-state index contributed by atoms with van der Waals surface area (Å²) in [4.78, 5) is 15.9. The molecule has 0 spiro atoms. The molecule has 2 rings (SSSR count). The molecular formula is C13H14N2O. The van der Waals surface area contributed by atoms with Crippen LogP contribution in [0.2, 0.25) is 0 Å². The highest BCUT2D eigenvalue weighted by molar-refractivity contribution is 5.81. The lowest BCUT2D eigenvalue weighted by Gasteiger charge is -2.02. The van der Waals surface area contributed by atoms with Crippen molar-refractivity contribution in [2.75, 3.05) is 0 Å². The summed E-state index contributed by atoms with van der Waals surface area (Å²) in [6.45, 7) is 4.01. The van der Waals surface area contributed by atoms with Crippen LogP contribution in [0.15, 0.2) is 43.2 Å². The number of hydrogen-bond donors (Lipinski definition) is 0. The average Bonchev–Trinajstić information content (AvgIpc) is 2.70. The van der Waals surface area contributed by atoms with Crippen LogP contribution in [-0.4, -0.2) is 15.3 Å². The van der Waals surface area contributed by atoms with Crippen LogP contribution in [0.3, 0.4) is 0 Å². The second-order valence-electron chi connectivity index (χ2n) is 3.73. The molecule has 0 aliphatic heterocycles. The van der Waals surface area contributed by atoms with Gasteiger partial charge in [0.1, 0.15) is 0 Å². The van der Waals surface area contributed by atoms with Gasteiger partial charge in [0, 0.05) is 6.42 Å². The van der Waals surface area contributed by atoms with Gasteiger partial charge >= 0.3 is 0 Å². The highest BCUT2D eigenvalue weighted by atomic mass is 16.1. The molecule has 0 saturated heterocycles. The highest BCUT2D eigenvalue weighted by Crippen LogP contribution is 2.12. The van der Waals surface area contributed by atoms with Crippen LogP contribution in [0.1, 0.15) is 12.8 Å². The van der Waals surface area contributed by atoms with E-state index in [1.165, 1.54) is 0 Å². The lowest BCUT2D eigenvalue weighted by molar-refractivity contribution is -0.119. The normalized spacial score (nSPS) is 10.5. The topological polar surface area (TPSA) is 34.9 Å². The fraction of sp³-hybridized carbons (Fsp3) is 0.231. The van der Waals surface area contributed by atoms with Crippen molar-refractivity contribution in [1.29, 1.82) is 0 Å². The number of ketones is 1. The first-order valence-corrected chi connectivity index (χ1v) is 5.33. The second kappa shape index (κ2) is 4.75. The zero-order valence-corrected chi connectivity index (χ0v) is 9.10. The third kappa shape index (κ3) is 2.19. The van der Waals surface area contributed by atoms with E-state index in [1.807, 2.05) is 28.8 Å². The highest BCUT2D eigenvalue weighted by Gasteiger charge is 2.05. The smallest absolute Gasteiger partial charge is 0.152 e. The van der Waals surface area contributed by atoms with Crippen LogP contribution in [0.25, 0.3) is 11.0 Å². The molecule has 0 radical (unpaired) electrons. The number of hydrogen-bond acceptors (Lipinski definition) is 2. The zero-order valence-electron chi connectivity index (χ0n) is 9.10. The fourth-order valence-corrected chi connectivity index (χ4v) is 1.67. The predicted octanol–water partition coefficient (Wildman–Crippen LogP) is 2.57. The Kier molecular flexibility index (Phi) is 3.15. The van der Waals surface area contributed by atoms with Gasteiger partial charge in [0.2, 0.25) is 0 Å². The maximum atomic E-state index is 11.6. The van der Waals surface area contributed by atoms with Gasteiger partial charge in [-0.2, -0.15) is 0 Å². The first-order valence-electron chi connectivity index (χ1n) is 5.33. The number of imidazole rings is 1. The van der Waals surface area contributed by atoms with E-state index in [-0.39, 0.29) is 5.78 Å². The van der Waals surface area contributed by atoms with Crippen LogP contribution in [-0.2, 0) is 11.3 Å². The lowest BCUT2D eigenvalue weighted by atomic mass is 10.2. The van der Waals surface area contributed by atoms with Gasteiger partial charge in [0.25, 0.3) is 0 Å². The lowest BCUT2D eigenvalue weighted by Crippen LogP contribution is -2.08. The molecule has 0 atom stereocenters. The maximum Gasteiger partial charge on any atom is 0.152 e. The Hall–Kier alpha value is -1.90. The minimum Gasteiger partial charge on any atom is -0.323 e. The third-order valence-corrected chi connectivity index (χ3v) is 2.50. The Labute approximate surface area is 94.4 Å². The van der Waals surface area contributed by atoms with Gasteiger partial charge in [-0.05, 0) is 18.6 Å². The minimum atomic E-state index is 0.211. The van der Waals surface area contributed by atoms with Gasteiger partial charge in [-0.1, -0.05) is 18.2 Å². The molecule has 1 aromatic heterocycles. The Morgan fingerprint density at radius 3 is 3.06 bits per heavy atom. The maximum absolute atomic E-state index is 11.6. The first-order chi connectivity index (χ1) is 7.81. The monoisotopic (exact) mass is 214 g/mol. The van der Waals surface area contributed by atoms with E-state index in [0.29, 0.717) is 13.0 Å². The van der Waals surface area contributed by atoms with Crippen LogP contribution in [0.5, 0.6) is 0 Å². The summed E-state index contributed by atoms with van der Waals surface area (Å²) in [7, 11) is 0. The third-order valence-electron chi connectivity index (χ3n) is 2.50. The predicted molar refractivity (Wildman–Crippen MR) is 64.2 cm³/mol. The largest absolute Gasteiger partial charge is 0.323 e. The summed E-state index contributed by atoms with van der Waals surface area (Å²) >= 11 is 0. The van der Waals surface area contributed by atoms with Crippen molar-refractivity contribution >= 4 is 16.8 Å². The van der Waals surface area contributed by atoms with Crippen LogP contribution >= 0.6 is 0 Å². The van der Waals surface area contributed by atoms with Crippen molar-refractivity contribution < 1.29 is 4.79 Å². The van der Waals surface area contributed by atoms with Crippen LogP contribution in [0.4, 0.5) is 0 Å². The van der Waals surface area contributed by atoms with E-state index >= 15 is 0 Å². The number of Topliss-reactive ketones (excluding diaryl/α,β-unsaturated/α-hetero) is 1. The zero-order chi connectivity index (χ0) is 11.4. The van der Waals surface area contributed by atoms with Gasteiger partial charge < -0.3 is 4.57 Å². The summed E-state index contributed by atoms with van der Waals surface area (Å²) < 4.78 is 1.89. The molecule has 1 heterocycles. The van der Waals surface area contributed by atoms with Crippen molar-refractivity contribution in [2.24, 2.45) is 0 Å². The number of aromatic nitrogens is 2. The Balaban J connectivity index is 2.15. The van der Waals surface area contributed by atoms with E-state index in [0.717, 1.165) is 17.5 Å². The molecule has 0 unspecified atom stereocenters. The van der Waals surface area contributed by atoms with Crippen molar-refractivity contribution in [2.45, 2.75) is 19.4 Å². The van der Waals surface area contributed by atoms with Gasteiger partial charge in [-0.3, -0.25) is 4.79 Å². The number of benzene rings is 1. The molecule has 1 aromatic carbocycles. The summed E-state index contributed by atoms with van der Waals surface area (Å²) in [6.07, 6.45) is 4.78. The van der Waals surface area contributed by atoms with E-state index in [2.05, 4.69) is 11.6 Å². The molecule has 16 heavy (non-hydrogen) atoms. The molecule has 2 aromatic rings. The van der Waals surface area contributed by atoms with Gasteiger partial charge in [0.15, 0.2) is 5.78 Å². The van der Waals surface area contributed by atoms with Crippen molar-refractivity contribution in [3.05, 3.63) is 43.2 Å². The Morgan fingerprint density at radius 1 is 1.44 bits per heavy atom. The standard InChI is InChI=1S/C13H14N2O/c1-2-3-6-11(16)9-15-10-14-12-7-4-5-8-13(12)15/h2,4-5,7-8,10H,1,3,6,9H2. The molecule has 82 valence electrons. The van der Waals surface area contributed by atoms with E-state index in [4.69, 9.17) is 0 Å². The average molecular weight is 214 g/mol. The SMILES string of the molecule is C=CCCC(=O)Cn1cnc2ccccc21. The Morgan fingerprint density at radius 2 is 2.25 bits per heavy atom. The molecule has 3 nitrogen and oxygen atoms in total.